The molecule has 4 rings (SSSR count). The molecular weight excluding hydrogens is 354 g/mol. The SMILES string of the molecule is Cc1ccc2c(CSc3cc(C)c4cccc(C)c4n3)cc(=O)oc2c1C. The molecular formula is C23H21NO2S. The van der Waals surface area contributed by atoms with Gasteiger partial charge >= 0.3 is 5.63 Å². The third-order valence-corrected chi connectivity index (χ3v) is 6.08. The van der Waals surface area contributed by atoms with Gasteiger partial charge in [-0.3, -0.25) is 0 Å². The maximum atomic E-state index is 12.1. The molecule has 0 bridgehead atoms. The number of nitrogens with zero attached hydrogens (tertiary/aromatic N) is 1. The second-order valence-corrected chi connectivity index (χ2v) is 8.01. The Kier molecular flexibility index (Phi) is 4.52. The van der Waals surface area contributed by atoms with E-state index in [1.165, 1.54) is 16.5 Å². The van der Waals surface area contributed by atoms with Crippen LogP contribution in [0.15, 0.2) is 56.7 Å². The number of rotatable bonds is 3. The Labute approximate surface area is 162 Å². The first-order valence-corrected chi connectivity index (χ1v) is 9.95. The van der Waals surface area contributed by atoms with Crippen molar-refractivity contribution in [3.05, 3.63) is 80.7 Å². The number of fused-ring (bicyclic) bond motifs is 2. The summed E-state index contributed by atoms with van der Waals surface area (Å²) in [5, 5.41) is 3.16. The zero-order chi connectivity index (χ0) is 19.1. The van der Waals surface area contributed by atoms with Gasteiger partial charge in [-0.1, -0.05) is 30.3 Å². The fraction of sp³-hybridized carbons (Fsp3) is 0.217. The average Bonchev–Trinajstić information content (AvgIpc) is 2.64. The first kappa shape index (κ1) is 17.8. The molecule has 0 aliphatic heterocycles. The third kappa shape index (κ3) is 3.26. The van der Waals surface area contributed by atoms with Crippen molar-refractivity contribution in [1.82, 2.24) is 4.98 Å². The molecule has 0 saturated heterocycles. The summed E-state index contributed by atoms with van der Waals surface area (Å²) in [5.74, 6) is 0.675. The molecule has 3 nitrogen and oxygen atoms in total. The molecule has 0 atom stereocenters. The lowest BCUT2D eigenvalue weighted by molar-refractivity contribution is 0.557. The van der Waals surface area contributed by atoms with Crippen LogP contribution in [-0.4, -0.2) is 4.98 Å². The second-order valence-electron chi connectivity index (χ2n) is 7.01. The Morgan fingerprint density at radius 3 is 2.56 bits per heavy atom. The molecule has 0 N–H and O–H groups in total. The molecule has 2 heterocycles. The summed E-state index contributed by atoms with van der Waals surface area (Å²) < 4.78 is 5.48. The number of aryl methyl sites for hydroxylation is 4. The van der Waals surface area contributed by atoms with Gasteiger partial charge in [0.05, 0.1) is 10.5 Å². The Hall–Kier alpha value is -2.59. The van der Waals surface area contributed by atoms with Gasteiger partial charge < -0.3 is 4.42 Å². The summed E-state index contributed by atoms with van der Waals surface area (Å²) in [6, 6.07) is 14.1. The minimum absolute atomic E-state index is 0.301. The number of para-hydroxylation sites is 1. The van der Waals surface area contributed by atoms with Crippen LogP contribution in [-0.2, 0) is 5.75 Å². The first-order chi connectivity index (χ1) is 12.9. The number of thioether (sulfide) groups is 1. The third-order valence-electron chi connectivity index (χ3n) is 5.12. The van der Waals surface area contributed by atoms with E-state index in [1.807, 2.05) is 19.9 Å². The van der Waals surface area contributed by atoms with Crippen molar-refractivity contribution in [3.63, 3.8) is 0 Å². The number of pyridine rings is 1. The summed E-state index contributed by atoms with van der Waals surface area (Å²) in [6.45, 7) is 8.23. The Morgan fingerprint density at radius 1 is 0.926 bits per heavy atom. The lowest BCUT2D eigenvalue weighted by Gasteiger charge is -2.10. The van der Waals surface area contributed by atoms with Crippen molar-refractivity contribution in [3.8, 4) is 0 Å². The van der Waals surface area contributed by atoms with Gasteiger partial charge in [0, 0.05) is 22.6 Å². The van der Waals surface area contributed by atoms with E-state index >= 15 is 0 Å². The van der Waals surface area contributed by atoms with E-state index in [4.69, 9.17) is 9.40 Å². The summed E-state index contributed by atoms with van der Waals surface area (Å²) >= 11 is 1.65. The maximum absolute atomic E-state index is 12.1. The van der Waals surface area contributed by atoms with E-state index in [0.29, 0.717) is 11.3 Å². The Bertz CT molecular complexity index is 1240. The number of hydrogen-bond acceptors (Lipinski definition) is 4. The summed E-state index contributed by atoms with van der Waals surface area (Å²) in [4.78, 5) is 16.9. The van der Waals surface area contributed by atoms with E-state index < -0.39 is 0 Å². The number of aromatic nitrogens is 1. The van der Waals surface area contributed by atoms with Crippen LogP contribution in [0.4, 0.5) is 0 Å². The van der Waals surface area contributed by atoms with E-state index in [9.17, 15) is 4.79 Å². The van der Waals surface area contributed by atoms with Crippen LogP contribution >= 0.6 is 11.8 Å². The van der Waals surface area contributed by atoms with E-state index in [0.717, 1.165) is 32.6 Å². The number of hydrogen-bond donors (Lipinski definition) is 0. The van der Waals surface area contributed by atoms with Crippen LogP contribution in [0.2, 0.25) is 0 Å². The highest BCUT2D eigenvalue weighted by Gasteiger charge is 2.11. The molecule has 0 saturated carbocycles. The Balaban J connectivity index is 1.74. The molecule has 0 radical (unpaired) electrons. The summed E-state index contributed by atoms with van der Waals surface area (Å²) in [6.07, 6.45) is 0. The molecule has 27 heavy (non-hydrogen) atoms. The molecule has 0 unspecified atom stereocenters. The van der Waals surface area contributed by atoms with Crippen LogP contribution in [0.5, 0.6) is 0 Å². The molecule has 0 aliphatic rings. The molecule has 0 spiro atoms. The first-order valence-electron chi connectivity index (χ1n) is 8.97. The van der Waals surface area contributed by atoms with Crippen LogP contribution in [0.1, 0.15) is 27.8 Å². The van der Waals surface area contributed by atoms with Gasteiger partial charge in [-0.15, -0.1) is 11.8 Å². The van der Waals surface area contributed by atoms with Gasteiger partial charge in [0.1, 0.15) is 5.58 Å². The van der Waals surface area contributed by atoms with E-state index in [-0.39, 0.29) is 5.63 Å². The second kappa shape index (κ2) is 6.86. The zero-order valence-corrected chi connectivity index (χ0v) is 16.7. The highest BCUT2D eigenvalue weighted by atomic mass is 32.2. The summed E-state index contributed by atoms with van der Waals surface area (Å²) in [5.41, 5.74) is 6.96. The van der Waals surface area contributed by atoms with Crippen molar-refractivity contribution < 1.29 is 4.42 Å². The Morgan fingerprint density at radius 2 is 1.74 bits per heavy atom. The minimum atomic E-state index is -0.301. The average molecular weight is 375 g/mol. The minimum Gasteiger partial charge on any atom is -0.422 e. The molecule has 4 aromatic rings. The normalized spacial score (nSPS) is 11.4. The fourth-order valence-corrected chi connectivity index (χ4v) is 4.36. The van der Waals surface area contributed by atoms with Gasteiger partial charge in [0.15, 0.2) is 0 Å². The standard InChI is InChI=1S/C23H21NO2S/c1-13-8-9-19-17(11-21(25)26-23(19)16(13)4)12-27-20-10-15(3)18-7-5-6-14(2)22(18)24-20/h5-11H,12H2,1-4H3. The molecule has 0 amide bonds. The predicted octanol–water partition coefficient (Wildman–Crippen LogP) is 5.87. The predicted molar refractivity (Wildman–Crippen MR) is 113 cm³/mol. The quantitative estimate of drug-likeness (QED) is 0.332. The lowest BCUT2D eigenvalue weighted by atomic mass is 10.0. The maximum Gasteiger partial charge on any atom is 0.336 e. The van der Waals surface area contributed by atoms with Gasteiger partial charge in [0.2, 0.25) is 0 Å². The smallest absolute Gasteiger partial charge is 0.336 e. The van der Waals surface area contributed by atoms with E-state index in [1.54, 1.807) is 17.8 Å². The largest absolute Gasteiger partial charge is 0.422 e. The van der Waals surface area contributed by atoms with Crippen LogP contribution in [0.3, 0.4) is 0 Å². The molecule has 0 fully saturated rings. The molecule has 136 valence electrons. The van der Waals surface area contributed by atoms with Gasteiger partial charge in [-0.05, 0) is 61.6 Å². The highest BCUT2D eigenvalue weighted by Crippen LogP contribution is 2.30. The van der Waals surface area contributed by atoms with Crippen LogP contribution < -0.4 is 5.63 Å². The van der Waals surface area contributed by atoms with Gasteiger partial charge in [-0.2, -0.15) is 0 Å². The van der Waals surface area contributed by atoms with Crippen molar-refractivity contribution in [2.45, 2.75) is 38.5 Å². The van der Waals surface area contributed by atoms with Crippen molar-refractivity contribution in [1.29, 1.82) is 0 Å². The van der Waals surface area contributed by atoms with E-state index in [2.05, 4.69) is 44.2 Å². The molecule has 2 aromatic heterocycles. The topological polar surface area (TPSA) is 43.1 Å². The van der Waals surface area contributed by atoms with Crippen molar-refractivity contribution >= 4 is 33.6 Å². The van der Waals surface area contributed by atoms with Crippen LogP contribution in [0, 0.1) is 27.7 Å². The van der Waals surface area contributed by atoms with Gasteiger partial charge in [-0.25, -0.2) is 9.78 Å². The van der Waals surface area contributed by atoms with Gasteiger partial charge in [0.25, 0.3) is 0 Å². The lowest BCUT2D eigenvalue weighted by Crippen LogP contribution is -2.01. The van der Waals surface area contributed by atoms with Crippen molar-refractivity contribution in [2.75, 3.05) is 0 Å². The highest BCUT2D eigenvalue weighted by molar-refractivity contribution is 7.98. The monoisotopic (exact) mass is 375 g/mol. The fourth-order valence-electron chi connectivity index (χ4n) is 3.40. The molecule has 0 aliphatic carbocycles. The molecule has 2 aromatic carbocycles. The van der Waals surface area contributed by atoms with Crippen molar-refractivity contribution in [2.24, 2.45) is 0 Å². The zero-order valence-electron chi connectivity index (χ0n) is 15.9. The van der Waals surface area contributed by atoms with Crippen LogP contribution in [0.25, 0.3) is 21.9 Å². The summed E-state index contributed by atoms with van der Waals surface area (Å²) in [7, 11) is 0. The number of benzene rings is 2. The molecule has 4 heteroatoms.